The molecule has 1 atom stereocenters. The maximum atomic E-state index is 11.9. The van der Waals surface area contributed by atoms with E-state index in [1.165, 1.54) is 11.3 Å². The average molecular weight is 305 g/mol. The summed E-state index contributed by atoms with van der Waals surface area (Å²) in [5, 5.41) is 24.6. The Labute approximate surface area is 128 Å². The Morgan fingerprint density at radius 2 is 2.14 bits per heavy atom. The number of amides is 1. The highest BCUT2D eigenvalue weighted by atomic mass is 32.1. The van der Waals surface area contributed by atoms with Crippen LogP contribution in [-0.2, 0) is 16.8 Å². The van der Waals surface area contributed by atoms with Gasteiger partial charge in [0.15, 0.2) is 0 Å². The van der Waals surface area contributed by atoms with E-state index in [4.69, 9.17) is 0 Å². The third-order valence-corrected chi connectivity index (χ3v) is 4.44. The number of hydrogen-bond donors (Lipinski definition) is 3. The summed E-state index contributed by atoms with van der Waals surface area (Å²) >= 11 is 1.45. The van der Waals surface area contributed by atoms with E-state index in [9.17, 15) is 15.0 Å². The molecule has 3 N–H and O–H groups in total. The largest absolute Gasteiger partial charge is 0.508 e. The van der Waals surface area contributed by atoms with Crippen molar-refractivity contribution in [2.75, 3.05) is 6.54 Å². The quantitative estimate of drug-likeness (QED) is 0.794. The summed E-state index contributed by atoms with van der Waals surface area (Å²) in [6.07, 6.45) is 0.175. The number of carbonyl (C=O) groups is 1. The van der Waals surface area contributed by atoms with E-state index in [1.807, 2.05) is 23.6 Å². The van der Waals surface area contributed by atoms with Crippen LogP contribution in [0.5, 0.6) is 5.75 Å². The number of thiophene rings is 1. The average Bonchev–Trinajstić information content (AvgIpc) is 2.96. The third-order valence-electron chi connectivity index (χ3n) is 3.32. The van der Waals surface area contributed by atoms with Gasteiger partial charge in [0.1, 0.15) is 11.4 Å². The Hall–Kier alpha value is -1.85. The standard InChI is InChI=1S/C16H19NO3S/c1-11-5-6-12(8-13(11)18)9-15(19)17-10-16(2,20)14-4-3-7-21-14/h3-8,18,20H,9-10H2,1-2H3,(H,17,19). The molecule has 2 aromatic rings. The lowest BCUT2D eigenvalue weighted by atomic mass is 10.0. The Morgan fingerprint density at radius 1 is 1.38 bits per heavy atom. The van der Waals surface area contributed by atoms with Gasteiger partial charge >= 0.3 is 0 Å². The highest BCUT2D eigenvalue weighted by Gasteiger charge is 2.24. The van der Waals surface area contributed by atoms with Crippen LogP contribution in [0.15, 0.2) is 35.7 Å². The summed E-state index contributed by atoms with van der Waals surface area (Å²) in [4.78, 5) is 12.7. The number of aryl methyl sites for hydroxylation is 1. The Kier molecular flexibility index (Phi) is 4.65. The van der Waals surface area contributed by atoms with Crippen LogP contribution in [0, 0.1) is 6.92 Å². The first-order chi connectivity index (χ1) is 9.88. The van der Waals surface area contributed by atoms with Gasteiger partial charge in [0.05, 0.1) is 13.0 Å². The number of rotatable bonds is 5. The van der Waals surface area contributed by atoms with Crippen LogP contribution in [-0.4, -0.2) is 22.7 Å². The van der Waals surface area contributed by atoms with E-state index in [2.05, 4.69) is 5.32 Å². The molecule has 112 valence electrons. The minimum Gasteiger partial charge on any atom is -0.508 e. The van der Waals surface area contributed by atoms with E-state index >= 15 is 0 Å². The number of benzene rings is 1. The van der Waals surface area contributed by atoms with Crippen LogP contribution >= 0.6 is 11.3 Å². The highest BCUT2D eigenvalue weighted by molar-refractivity contribution is 7.10. The molecule has 1 aromatic carbocycles. The molecule has 0 spiro atoms. The maximum absolute atomic E-state index is 11.9. The molecular formula is C16H19NO3S. The van der Waals surface area contributed by atoms with Gasteiger partial charge in [-0.3, -0.25) is 4.79 Å². The van der Waals surface area contributed by atoms with E-state index < -0.39 is 5.60 Å². The Balaban J connectivity index is 1.91. The molecule has 1 aromatic heterocycles. The van der Waals surface area contributed by atoms with Crippen molar-refractivity contribution < 1.29 is 15.0 Å². The molecule has 0 saturated heterocycles. The fourth-order valence-electron chi connectivity index (χ4n) is 1.96. The zero-order chi connectivity index (χ0) is 15.5. The Morgan fingerprint density at radius 3 is 2.76 bits per heavy atom. The summed E-state index contributed by atoms with van der Waals surface area (Å²) in [6.45, 7) is 3.64. The molecule has 21 heavy (non-hydrogen) atoms. The molecular weight excluding hydrogens is 286 g/mol. The SMILES string of the molecule is Cc1ccc(CC(=O)NCC(C)(O)c2cccs2)cc1O. The number of hydrogen-bond acceptors (Lipinski definition) is 4. The van der Waals surface area contributed by atoms with E-state index in [-0.39, 0.29) is 24.6 Å². The molecule has 1 amide bonds. The zero-order valence-electron chi connectivity index (χ0n) is 12.1. The van der Waals surface area contributed by atoms with Crippen LogP contribution in [0.1, 0.15) is 22.9 Å². The van der Waals surface area contributed by atoms with Crippen molar-refractivity contribution in [3.8, 4) is 5.75 Å². The monoisotopic (exact) mass is 305 g/mol. The second-order valence-electron chi connectivity index (χ2n) is 5.33. The van der Waals surface area contributed by atoms with Crippen LogP contribution in [0.2, 0.25) is 0 Å². The number of nitrogens with one attached hydrogen (secondary N) is 1. The predicted octanol–water partition coefficient (Wildman–Crippen LogP) is 2.33. The zero-order valence-corrected chi connectivity index (χ0v) is 12.9. The molecule has 5 heteroatoms. The normalized spacial score (nSPS) is 13.7. The molecule has 0 bridgehead atoms. The summed E-state index contributed by atoms with van der Waals surface area (Å²) in [5.41, 5.74) is 0.449. The van der Waals surface area contributed by atoms with Gasteiger partial charge in [0.25, 0.3) is 0 Å². The van der Waals surface area contributed by atoms with Crippen molar-refractivity contribution in [2.45, 2.75) is 25.9 Å². The lowest BCUT2D eigenvalue weighted by Gasteiger charge is -2.22. The van der Waals surface area contributed by atoms with Crippen molar-refractivity contribution in [3.63, 3.8) is 0 Å². The van der Waals surface area contributed by atoms with Crippen LogP contribution in [0.4, 0.5) is 0 Å². The van der Waals surface area contributed by atoms with Gasteiger partial charge in [-0.15, -0.1) is 11.3 Å². The van der Waals surface area contributed by atoms with E-state index in [1.54, 1.807) is 26.0 Å². The second kappa shape index (κ2) is 6.28. The lowest BCUT2D eigenvalue weighted by Crippen LogP contribution is -2.38. The van der Waals surface area contributed by atoms with E-state index in [0.29, 0.717) is 0 Å². The van der Waals surface area contributed by atoms with Gasteiger partial charge in [0, 0.05) is 4.88 Å². The van der Waals surface area contributed by atoms with Crippen LogP contribution in [0.3, 0.4) is 0 Å². The minimum absolute atomic E-state index is 0.157. The van der Waals surface area contributed by atoms with Crippen molar-refractivity contribution >= 4 is 17.2 Å². The summed E-state index contributed by atoms with van der Waals surface area (Å²) in [5.74, 6) is 0.000895. The molecule has 0 aliphatic rings. The fraction of sp³-hybridized carbons (Fsp3) is 0.312. The van der Waals surface area contributed by atoms with Crippen molar-refractivity contribution in [1.29, 1.82) is 0 Å². The third kappa shape index (κ3) is 4.06. The van der Waals surface area contributed by atoms with Crippen molar-refractivity contribution in [2.24, 2.45) is 0 Å². The first-order valence-corrected chi connectivity index (χ1v) is 7.58. The molecule has 0 fully saturated rings. The first-order valence-electron chi connectivity index (χ1n) is 6.70. The molecule has 4 nitrogen and oxygen atoms in total. The minimum atomic E-state index is -1.07. The van der Waals surface area contributed by atoms with Gasteiger partial charge in [-0.1, -0.05) is 18.2 Å². The topological polar surface area (TPSA) is 69.6 Å². The summed E-state index contributed by atoms with van der Waals surface area (Å²) in [7, 11) is 0. The van der Waals surface area contributed by atoms with Gasteiger partial charge in [0.2, 0.25) is 5.91 Å². The number of aromatic hydroxyl groups is 1. The lowest BCUT2D eigenvalue weighted by molar-refractivity contribution is -0.121. The van der Waals surface area contributed by atoms with Crippen molar-refractivity contribution in [1.82, 2.24) is 5.32 Å². The predicted molar refractivity (Wildman–Crippen MR) is 83.4 cm³/mol. The number of aliphatic hydroxyl groups is 1. The van der Waals surface area contributed by atoms with Gasteiger partial charge in [-0.2, -0.15) is 0 Å². The van der Waals surface area contributed by atoms with Crippen LogP contribution in [0.25, 0.3) is 0 Å². The molecule has 1 heterocycles. The highest BCUT2D eigenvalue weighted by Crippen LogP contribution is 2.24. The molecule has 0 aliphatic carbocycles. The van der Waals surface area contributed by atoms with Gasteiger partial charge in [-0.05, 0) is 42.5 Å². The van der Waals surface area contributed by atoms with Crippen molar-refractivity contribution in [3.05, 3.63) is 51.7 Å². The molecule has 0 radical (unpaired) electrons. The smallest absolute Gasteiger partial charge is 0.224 e. The maximum Gasteiger partial charge on any atom is 0.224 e. The van der Waals surface area contributed by atoms with Crippen LogP contribution < -0.4 is 5.32 Å². The number of carbonyl (C=O) groups excluding carboxylic acids is 1. The first kappa shape index (κ1) is 15.5. The number of phenols is 1. The molecule has 0 saturated carbocycles. The van der Waals surface area contributed by atoms with Gasteiger partial charge < -0.3 is 15.5 Å². The second-order valence-corrected chi connectivity index (χ2v) is 6.27. The molecule has 0 aliphatic heterocycles. The summed E-state index contributed by atoms with van der Waals surface area (Å²) in [6, 6.07) is 8.89. The Bertz CT molecular complexity index is 620. The fourth-order valence-corrected chi connectivity index (χ4v) is 2.74. The van der Waals surface area contributed by atoms with E-state index in [0.717, 1.165) is 16.0 Å². The van der Waals surface area contributed by atoms with Gasteiger partial charge in [-0.25, -0.2) is 0 Å². The molecule has 2 rings (SSSR count). The molecule has 1 unspecified atom stereocenters. The number of phenolic OH excluding ortho intramolecular Hbond substituents is 1. The summed E-state index contributed by atoms with van der Waals surface area (Å²) < 4.78 is 0.